The van der Waals surface area contributed by atoms with E-state index in [1.165, 1.54) is 6.20 Å². The predicted octanol–water partition coefficient (Wildman–Crippen LogP) is 3.62. The average molecular weight is 461 g/mol. The summed E-state index contributed by atoms with van der Waals surface area (Å²) < 4.78 is 17.3. The van der Waals surface area contributed by atoms with Gasteiger partial charge in [-0.25, -0.2) is 14.4 Å². The second-order valence-corrected chi connectivity index (χ2v) is 8.66. The molecule has 0 aromatic carbocycles. The molecule has 0 unspecified atom stereocenters. The zero-order chi connectivity index (χ0) is 24.0. The lowest BCUT2D eigenvalue weighted by atomic mass is 10.1. The molecule has 0 fully saturated rings. The molecule has 1 aliphatic heterocycles. The van der Waals surface area contributed by atoms with E-state index in [2.05, 4.69) is 20.4 Å². The van der Waals surface area contributed by atoms with Gasteiger partial charge in [-0.1, -0.05) is 0 Å². The van der Waals surface area contributed by atoms with Crippen LogP contribution in [0.1, 0.15) is 34.2 Å². The third-order valence-corrected chi connectivity index (χ3v) is 6.11. The molecule has 1 aliphatic rings. The number of fused-ring (bicyclic) bond motifs is 1. The second-order valence-electron chi connectivity index (χ2n) is 8.66. The highest BCUT2D eigenvalue weighted by atomic mass is 19.1. The molecule has 5 heterocycles. The van der Waals surface area contributed by atoms with Crippen molar-refractivity contribution in [2.24, 2.45) is 7.05 Å². The van der Waals surface area contributed by atoms with Crippen LogP contribution in [-0.4, -0.2) is 46.1 Å². The Hall–Kier alpha value is -4.08. The molecule has 174 valence electrons. The highest BCUT2D eigenvalue weighted by molar-refractivity contribution is 5.95. The fourth-order valence-electron chi connectivity index (χ4n) is 4.19. The summed E-state index contributed by atoms with van der Waals surface area (Å²) in [5.41, 5.74) is 4.28. The number of aromatic nitrogens is 6. The Kier molecular flexibility index (Phi) is 5.35. The minimum absolute atomic E-state index is 0.0408. The van der Waals surface area contributed by atoms with Crippen molar-refractivity contribution in [3.05, 3.63) is 71.3 Å². The molecule has 10 heteroatoms. The SMILES string of the molecule is Cc1cc(CN2C(=O)c3cc(-c4nc(Nc5ccnn5C)ncc4C)cn3C[C@@H]2C)ncc1F. The Morgan fingerprint density at radius 3 is 2.74 bits per heavy atom. The van der Waals surface area contributed by atoms with Crippen molar-refractivity contribution in [2.75, 3.05) is 5.32 Å². The highest BCUT2D eigenvalue weighted by Gasteiger charge is 2.31. The fraction of sp³-hybridized carbons (Fsp3) is 0.292. The Labute approximate surface area is 196 Å². The zero-order valence-electron chi connectivity index (χ0n) is 19.4. The van der Waals surface area contributed by atoms with Crippen molar-refractivity contribution < 1.29 is 9.18 Å². The first-order valence-electron chi connectivity index (χ1n) is 11.0. The van der Waals surface area contributed by atoms with Gasteiger partial charge in [-0.05, 0) is 44.0 Å². The van der Waals surface area contributed by atoms with Gasteiger partial charge >= 0.3 is 0 Å². The molecule has 34 heavy (non-hydrogen) atoms. The number of rotatable bonds is 5. The van der Waals surface area contributed by atoms with Crippen LogP contribution in [0.15, 0.2) is 43.0 Å². The zero-order valence-corrected chi connectivity index (χ0v) is 19.4. The number of carbonyl (C=O) groups is 1. The molecule has 0 saturated carbocycles. The molecule has 1 amide bonds. The fourth-order valence-corrected chi connectivity index (χ4v) is 4.19. The van der Waals surface area contributed by atoms with Gasteiger partial charge in [0.15, 0.2) is 0 Å². The van der Waals surface area contributed by atoms with Crippen LogP contribution in [0.3, 0.4) is 0 Å². The summed E-state index contributed by atoms with van der Waals surface area (Å²) in [5, 5.41) is 7.32. The lowest BCUT2D eigenvalue weighted by Gasteiger charge is -2.34. The van der Waals surface area contributed by atoms with Crippen LogP contribution in [-0.2, 0) is 20.1 Å². The van der Waals surface area contributed by atoms with Crippen molar-refractivity contribution in [1.82, 2.24) is 34.2 Å². The lowest BCUT2D eigenvalue weighted by Crippen LogP contribution is -2.45. The first-order chi connectivity index (χ1) is 16.3. The van der Waals surface area contributed by atoms with E-state index < -0.39 is 0 Å². The molecule has 0 radical (unpaired) electrons. The summed E-state index contributed by atoms with van der Waals surface area (Å²) >= 11 is 0. The lowest BCUT2D eigenvalue weighted by molar-refractivity contribution is 0.0592. The van der Waals surface area contributed by atoms with E-state index in [4.69, 9.17) is 4.98 Å². The normalized spacial score (nSPS) is 15.5. The standard InChI is InChI=1S/C24H25FN8O/c1-14-7-18(26-10-19(14)25)13-33-16(3)11-32-12-17(8-20(32)23(33)34)22-15(2)9-27-24(30-22)29-21-5-6-28-31(21)4/h5-10,12,16H,11,13H2,1-4H3,(H,27,29,30)/t16-/m0/s1. The number of nitrogens with one attached hydrogen (secondary N) is 1. The van der Waals surface area contributed by atoms with Crippen LogP contribution in [0.25, 0.3) is 11.3 Å². The number of pyridine rings is 1. The average Bonchev–Trinajstić information content (AvgIpc) is 3.41. The Bertz CT molecular complexity index is 1390. The van der Waals surface area contributed by atoms with Gasteiger partial charge in [-0.3, -0.25) is 14.5 Å². The summed E-state index contributed by atoms with van der Waals surface area (Å²) in [5.74, 6) is 0.786. The molecule has 9 nitrogen and oxygen atoms in total. The third kappa shape index (κ3) is 3.91. The number of carbonyl (C=O) groups excluding carboxylic acids is 1. The van der Waals surface area contributed by atoms with Gasteiger partial charge < -0.3 is 14.8 Å². The van der Waals surface area contributed by atoms with Crippen molar-refractivity contribution in [2.45, 2.75) is 39.9 Å². The minimum Gasteiger partial charge on any atom is -0.341 e. The van der Waals surface area contributed by atoms with Gasteiger partial charge in [0, 0.05) is 43.7 Å². The van der Waals surface area contributed by atoms with E-state index in [0.717, 1.165) is 22.6 Å². The maximum Gasteiger partial charge on any atom is 0.271 e. The van der Waals surface area contributed by atoms with Crippen LogP contribution in [0.2, 0.25) is 0 Å². The number of halogens is 1. The summed E-state index contributed by atoms with van der Waals surface area (Å²) in [6, 6.07) is 5.36. The smallest absolute Gasteiger partial charge is 0.271 e. The van der Waals surface area contributed by atoms with Crippen LogP contribution in [0.4, 0.5) is 16.2 Å². The molecule has 0 spiro atoms. The quantitative estimate of drug-likeness (QED) is 0.489. The highest BCUT2D eigenvalue weighted by Crippen LogP contribution is 2.29. The predicted molar refractivity (Wildman–Crippen MR) is 125 cm³/mol. The molecule has 1 atom stereocenters. The monoisotopic (exact) mass is 460 g/mol. The molecular weight excluding hydrogens is 435 g/mol. The largest absolute Gasteiger partial charge is 0.341 e. The molecule has 1 N–H and O–H groups in total. The van der Waals surface area contributed by atoms with Gasteiger partial charge in [0.25, 0.3) is 5.91 Å². The van der Waals surface area contributed by atoms with Gasteiger partial charge in [-0.15, -0.1) is 0 Å². The number of anilines is 2. The molecule has 4 aromatic rings. The minimum atomic E-state index is -0.349. The summed E-state index contributed by atoms with van der Waals surface area (Å²) in [6.45, 7) is 6.61. The number of hydrogen-bond acceptors (Lipinski definition) is 6. The molecule has 0 saturated heterocycles. The van der Waals surface area contributed by atoms with Crippen LogP contribution in [0, 0.1) is 19.7 Å². The van der Waals surface area contributed by atoms with Gasteiger partial charge in [0.2, 0.25) is 5.95 Å². The number of hydrogen-bond donors (Lipinski definition) is 1. The molecular formula is C24H25FN8O. The maximum absolute atomic E-state index is 13.6. The Morgan fingerprint density at radius 1 is 1.18 bits per heavy atom. The summed E-state index contributed by atoms with van der Waals surface area (Å²) in [4.78, 5) is 28.4. The van der Waals surface area contributed by atoms with Gasteiger partial charge in [0.1, 0.15) is 17.3 Å². The van der Waals surface area contributed by atoms with Gasteiger partial charge in [0.05, 0.1) is 30.3 Å². The van der Waals surface area contributed by atoms with Crippen molar-refractivity contribution in [3.63, 3.8) is 0 Å². The number of nitrogens with zero attached hydrogens (tertiary/aromatic N) is 7. The van der Waals surface area contributed by atoms with Crippen LogP contribution in [0.5, 0.6) is 0 Å². The molecule has 4 aromatic heterocycles. The van der Waals surface area contributed by atoms with Gasteiger partial charge in [-0.2, -0.15) is 5.10 Å². The van der Waals surface area contributed by atoms with Crippen molar-refractivity contribution in [3.8, 4) is 11.3 Å². The van der Waals surface area contributed by atoms with Crippen molar-refractivity contribution >= 4 is 17.7 Å². The Balaban J connectivity index is 1.43. The molecule has 0 aliphatic carbocycles. The summed E-state index contributed by atoms with van der Waals surface area (Å²) in [6.07, 6.45) is 6.63. The second kappa shape index (κ2) is 8.36. The molecule has 5 rings (SSSR count). The summed E-state index contributed by atoms with van der Waals surface area (Å²) in [7, 11) is 1.83. The van der Waals surface area contributed by atoms with E-state index in [0.29, 0.717) is 36.0 Å². The van der Waals surface area contributed by atoms with Crippen LogP contribution >= 0.6 is 0 Å². The topological polar surface area (TPSA) is 93.8 Å². The van der Waals surface area contributed by atoms with E-state index >= 15 is 0 Å². The van der Waals surface area contributed by atoms with Crippen LogP contribution < -0.4 is 5.32 Å². The van der Waals surface area contributed by atoms with E-state index in [-0.39, 0.29) is 17.8 Å². The number of aryl methyl sites for hydroxylation is 3. The first kappa shape index (κ1) is 21.7. The third-order valence-electron chi connectivity index (χ3n) is 6.11. The Morgan fingerprint density at radius 2 is 2.00 bits per heavy atom. The molecule has 0 bridgehead atoms. The first-order valence-corrected chi connectivity index (χ1v) is 11.0. The maximum atomic E-state index is 13.6. The number of amides is 1. The van der Waals surface area contributed by atoms with E-state index in [9.17, 15) is 9.18 Å². The van der Waals surface area contributed by atoms with E-state index in [1.807, 2.05) is 43.8 Å². The van der Waals surface area contributed by atoms with Crippen molar-refractivity contribution in [1.29, 1.82) is 0 Å². The van der Waals surface area contributed by atoms with E-state index in [1.54, 1.807) is 35.0 Å².